The third-order valence-electron chi connectivity index (χ3n) is 8.09. The van der Waals surface area contributed by atoms with Gasteiger partial charge < -0.3 is 10.0 Å². The Morgan fingerprint density at radius 3 is 2.05 bits per heavy atom. The van der Waals surface area contributed by atoms with Crippen molar-refractivity contribution in [3.8, 4) is 6.07 Å². The van der Waals surface area contributed by atoms with Crippen molar-refractivity contribution in [1.29, 1.82) is 5.26 Å². The quantitative estimate of drug-likeness (QED) is 0.157. The van der Waals surface area contributed by atoms with Crippen molar-refractivity contribution >= 4 is 35.1 Å². The van der Waals surface area contributed by atoms with E-state index >= 15 is 0 Å². The van der Waals surface area contributed by atoms with Crippen LogP contribution in [0.5, 0.6) is 0 Å². The summed E-state index contributed by atoms with van der Waals surface area (Å²) in [5.41, 5.74) is 8.81. The van der Waals surface area contributed by atoms with Crippen LogP contribution in [0.2, 0.25) is 0 Å². The molecule has 4 nitrogen and oxygen atoms in total. The zero-order valence-corrected chi connectivity index (χ0v) is 22.2. The predicted molar refractivity (Wildman–Crippen MR) is 161 cm³/mol. The minimum absolute atomic E-state index is 0.246. The van der Waals surface area contributed by atoms with Crippen LogP contribution < -0.4 is 4.90 Å². The lowest BCUT2D eigenvalue weighted by molar-refractivity contribution is -0.132. The summed E-state index contributed by atoms with van der Waals surface area (Å²) < 4.78 is 0. The normalized spacial score (nSPS) is 17.9. The summed E-state index contributed by atoms with van der Waals surface area (Å²) in [7, 11) is 0. The van der Waals surface area contributed by atoms with Crippen LogP contribution in [-0.2, 0) is 4.79 Å². The maximum Gasteiger partial charge on any atom is 0.346 e. The second kappa shape index (κ2) is 11.1. The Kier molecular flexibility index (Phi) is 7.04. The van der Waals surface area contributed by atoms with Crippen molar-refractivity contribution in [2.45, 2.75) is 37.6 Å². The number of carboxylic acid groups (broad SMARTS) is 1. The second-order valence-corrected chi connectivity index (χ2v) is 10.5. The zero-order valence-electron chi connectivity index (χ0n) is 22.2. The summed E-state index contributed by atoms with van der Waals surface area (Å²) in [6.45, 7) is 0. The first-order valence-electron chi connectivity index (χ1n) is 13.8. The maximum absolute atomic E-state index is 11.4. The fraction of sp³-hybridized carbons (Fsp3) is 0.167. The molecular weight excluding hydrogens is 492 g/mol. The number of nitrogens with zero attached hydrogens (tertiary/aromatic N) is 2. The number of fused-ring (bicyclic) bond motifs is 3. The van der Waals surface area contributed by atoms with Crippen molar-refractivity contribution < 1.29 is 9.90 Å². The Bertz CT molecular complexity index is 1590. The van der Waals surface area contributed by atoms with Crippen LogP contribution in [0.1, 0.15) is 59.4 Å². The van der Waals surface area contributed by atoms with Crippen molar-refractivity contribution in [2.75, 3.05) is 4.90 Å². The molecule has 196 valence electrons. The number of hydrogen-bond acceptors (Lipinski definition) is 3. The van der Waals surface area contributed by atoms with Gasteiger partial charge in [-0.2, -0.15) is 5.26 Å². The van der Waals surface area contributed by atoms with E-state index in [0.717, 1.165) is 24.0 Å². The smallest absolute Gasteiger partial charge is 0.346 e. The average Bonchev–Trinajstić information content (AvgIpc) is 3.33. The molecule has 1 saturated carbocycles. The minimum atomic E-state index is -1.20. The molecule has 1 fully saturated rings. The summed E-state index contributed by atoms with van der Waals surface area (Å²) in [6.07, 6.45) is 8.36. The number of nitriles is 1. The van der Waals surface area contributed by atoms with Crippen LogP contribution in [0, 0.1) is 11.3 Å². The van der Waals surface area contributed by atoms with Crippen molar-refractivity contribution in [2.24, 2.45) is 0 Å². The molecule has 1 aliphatic carbocycles. The number of aliphatic carboxylic acids is 1. The van der Waals surface area contributed by atoms with Gasteiger partial charge >= 0.3 is 5.97 Å². The molecule has 0 aromatic heterocycles. The second-order valence-electron chi connectivity index (χ2n) is 10.5. The fourth-order valence-corrected chi connectivity index (χ4v) is 6.25. The summed E-state index contributed by atoms with van der Waals surface area (Å²) >= 11 is 0. The first-order valence-corrected chi connectivity index (χ1v) is 13.8. The van der Waals surface area contributed by atoms with Crippen LogP contribution in [0.3, 0.4) is 0 Å². The van der Waals surface area contributed by atoms with Gasteiger partial charge in [0.2, 0.25) is 0 Å². The molecule has 40 heavy (non-hydrogen) atoms. The Hall–Kier alpha value is -4.88. The van der Waals surface area contributed by atoms with Crippen molar-refractivity contribution in [3.05, 3.63) is 137 Å². The van der Waals surface area contributed by atoms with Gasteiger partial charge in [0, 0.05) is 23.3 Å². The molecule has 0 radical (unpaired) electrons. The molecule has 2 unspecified atom stereocenters. The largest absolute Gasteiger partial charge is 0.477 e. The molecule has 4 aromatic rings. The van der Waals surface area contributed by atoms with Gasteiger partial charge in [0.15, 0.2) is 0 Å². The molecule has 1 N–H and O–H groups in total. The highest BCUT2D eigenvalue weighted by molar-refractivity contribution is 5.96. The van der Waals surface area contributed by atoms with Crippen LogP contribution in [0.25, 0.3) is 17.7 Å². The predicted octanol–water partition coefficient (Wildman–Crippen LogP) is 8.44. The monoisotopic (exact) mass is 522 g/mol. The summed E-state index contributed by atoms with van der Waals surface area (Å²) in [5, 5.41) is 18.5. The number of carbonyl (C=O) groups is 1. The van der Waals surface area contributed by atoms with Crippen LogP contribution in [-0.4, -0.2) is 17.1 Å². The topological polar surface area (TPSA) is 64.3 Å². The number of anilines is 2. The van der Waals surface area contributed by atoms with E-state index in [-0.39, 0.29) is 5.57 Å². The number of carboxylic acids is 1. The standard InChI is InChI=1S/C36H30N2O2/c37-24-29(36(39)40)21-26-17-20-35-33(23-26)31-13-7-8-14-34(31)38(35)30-18-15-25(16-19-30)22-32(27-9-3-1-4-10-27)28-11-5-2-6-12-28/h1-6,9-12,15-23,31,34H,7-8,13-14H2,(H,39,40). The average molecular weight is 523 g/mol. The zero-order chi connectivity index (χ0) is 27.5. The molecule has 2 aliphatic rings. The van der Waals surface area contributed by atoms with Gasteiger partial charge in [0.05, 0.1) is 0 Å². The Balaban J connectivity index is 1.36. The molecule has 0 amide bonds. The number of hydrogen-bond donors (Lipinski definition) is 1. The number of rotatable bonds is 6. The number of benzene rings is 4. The molecule has 1 aliphatic heterocycles. The lowest BCUT2D eigenvalue weighted by Gasteiger charge is -2.33. The van der Waals surface area contributed by atoms with E-state index in [1.165, 1.54) is 52.6 Å². The third kappa shape index (κ3) is 4.95. The van der Waals surface area contributed by atoms with E-state index in [4.69, 9.17) is 0 Å². The van der Waals surface area contributed by atoms with E-state index in [9.17, 15) is 15.2 Å². The van der Waals surface area contributed by atoms with Gasteiger partial charge in [-0.15, -0.1) is 0 Å². The van der Waals surface area contributed by atoms with E-state index < -0.39 is 5.97 Å². The Morgan fingerprint density at radius 2 is 1.43 bits per heavy atom. The van der Waals surface area contributed by atoms with Crippen LogP contribution in [0.15, 0.2) is 109 Å². The lowest BCUT2D eigenvalue weighted by Crippen LogP contribution is -2.32. The molecule has 6 rings (SSSR count). The first kappa shape index (κ1) is 25.4. The molecule has 4 heteroatoms. The highest BCUT2D eigenvalue weighted by Crippen LogP contribution is 2.51. The van der Waals surface area contributed by atoms with E-state index in [1.54, 1.807) is 6.07 Å². The Morgan fingerprint density at radius 1 is 0.800 bits per heavy atom. The molecule has 1 heterocycles. The van der Waals surface area contributed by atoms with Crippen LogP contribution >= 0.6 is 0 Å². The van der Waals surface area contributed by atoms with Gasteiger partial charge in [-0.25, -0.2) is 4.79 Å². The van der Waals surface area contributed by atoms with Crippen LogP contribution in [0.4, 0.5) is 11.4 Å². The third-order valence-corrected chi connectivity index (χ3v) is 8.09. The van der Waals surface area contributed by atoms with Gasteiger partial charge in [0.1, 0.15) is 11.6 Å². The highest BCUT2D eigenvalue weighted by Gasteiger charge is 2.40. The van der Waals surface area contributed by atoms with E-state index in [0.29, 0.717) is 12.0 Å². The lowest BCUT2D eigenvalue weighted by atomic mass is 9.82. The molecule has 2 atom stereocenters. The summed E-state index contributed by atoms with van der Waals surface area (Å²) in [5.74, 6) is -0.799. The first-order chi connectivity index (χ1) is 19.6. The SMILES string of the molecule is N#CC(=Cc1ccc2c(c1)C1CCCCC1N2c1ccc(C=C(c2ccccc2)c2ccccc2)cc1)C(=O)O. The maximum atomic E-state index is 11.4. The van der Waals surface area contributed by atoms with Crippen molar-refractivity contribution in [3.63, 3.8) is 0 Å². The van der Waals surface area contributed by atoms with Gasteiger partial charge in [-0.3, -0.25) is 0 Å². The summed E-state index contributed by atoms with van der Waals surface area (Å²) in [6, 6.07) is 38.1. The van der Waals surface area contributed by atoms with E-state index in [2.05, 4.69) is 95.9 Å². The van der Waals surface area contributed by atoms with Crippen molar-refractivity contribution in [1.82, 2.24) is 0 Å². The highest BCUT2D eigenvalue weighted by atomic mass is 16.4. The molecular formula is C36H30N2O2. The summed E-state index contributed by atoms with van der Waals surface area (Å²) in [4.78, 5) is 13.9. The fourth-order valence-electron chi connectivity index (χ4n) is 6.25. The Labute approximate surface area is 235 Å². The molecule has 4 aromatic carbocycles. The van der Waals surface area contributed by atoms with Gasteiger partial charge in [-0.1, -0.05) is 91.7 Å². The molecule has 0 saturated heterocycles. The molecule has 0 bridgehead atoms. The van der Waals surface area contributed by atoms with Gasteiger partial charge in [0.25, 0.3) is 0 Å². The van der Waals surface area contributed by atoms with Gasteiger partial charge in [-0.05, 0) is 82.6 Å². The van der Waals surface area contributed by atoms with E-state index in [1.807, 2.05) is 18.2 Å². The molecule has 0 spiro atoms. The minimum Gasteiger partial charge on any atom is -0.477 e.